The van der Waals surface area contributed by atoms with Crippen LogP contribution in [0, 0.1) is 0 Å². The van der Waals surface area contributed by atoms with Crippen LogP contribution in [-0.2, 0) is 13.0 Å². The van der Waals surface area contributed by atoms with Crippen LogP contribution >= 0.6 is 11.6 Å². The van der Waals surface area contributed by atoms with Gasteiger partial charge >= 0.3 is 0 Å². The van der Waals surface area contributed by atoms with Crippen LogP contribution in [0.3, 0.4) is 0 Å². The lowest BCUT2D eigenvalue weighted by Gasteiger charge is -2.10. The maximum atomic E-state index is 6.24. The van der Waals surface area contributed by atoms with Gasteiger partial charge in [0.2, 0.25) is 0 Å². The Morgan fingerprint density at radius 3 is 2.89 bits per heavy atom. The molecular formula is C14H17ClN2O. The van der Waals surface area contributed by atoms with Crippen LogP contribution in [0.15, 0.2) is 30.6 Å². The summed E-state index contributed by atoms with van der Waals surface area (Å²) < 4.78 is 7.28. The molecule has 0 unspecified atom stereocenters. The third kappa shape index (κ3) is 2.85. The molecule has 96 valence electrons. The fraction of sp³-hybridized carbons (Fsp3) is 0.357. The van der Waals surface area contributed by atoms with E-state index < -0.39 is 0 Å². The highest BCUT2D eigenvalue weighted by atomic mass is 35.5. The Bertz CT molecular complexity index is 522. The molecule has 4 heteroatoms. The average molecular weight is 265 g/mol. The van der Waals surface area contributed by atoms with Crippen molar-refractivity contribution in [1.29, 1.82) is 0 Å². The molecule has 0 amide bonds. The third-order valence-corrected chi connectivity index (χ3v) is 3.23. The number of ether oxygens (including phenoxy) is 1. The van der Waals surface area contributed by atoms with Crippen molar-refractivity contribution in [2.45, 2.75) is 26.3 Å². The smallest absolute Gasteiger partial charge is 0.120 e. The monoisotopic (exact) mass is 264 g/mol. The normalized spacial score (nSPS) is 10.6. The van der Waals surface area contributed by atoms with E-state index in [4.69, 9.17) is 16.3 Å². The molecule has 0 saturated carbocycles. The van der Waals surface area contributed by atoms with E-state index in [9.17, 15) is 0 Å². The molecule has 0 aliphatic rings. The van der Waals surface area contributed by atoms with Gasteiger partial charge in [-0.1, -0.05) is 24.6 Å². The van der Waals surface area contributed by atoms with Crippen molar-refractivity contribution in [1.82, 2.24) is 9.55 Å². The van der Waals surface area contributed by atoms with Crippen LogP contribution in [0.25, 0.3) is 0 Å². The Hall–Kier alpha value is -1.48. The number of halogens is 1. The quantitative estimate of drug-likeness (QED) is 0.826. The van der Waals surface area contributed by atoms with Gasteiger partial charge in [0, 0.05) is 23.8 Å². The number of rotatable bonds is 5. The molecule has 2 aromatic rings. The van der Waals surface area contributed by atoms with Crippen LogP contribution in [0.5, 0.6) is 5.75 Å². The van der Waals surface area contributed by atoms with Crippen LogP contribution < -0.4 is 4.74 Å². The number of hydrogen-bond acceptors (Lipinski definition) is 2. The van der Waals surface area contributed by atoms with Gasteiger partial charge in [-0.25, -0.2) is 4.98 Å². The highest BCUT2D eigenvalue weighted by Gasteiger charge is 2.06. The first-order valence-corrected chi connectivity index (χ1v) is 6.44. The van der Waals surface area contributed by atoms with Gasteiger partial charge in [-0.3, -0.25) is 0 Å². The topological polar surface area (TPSA) is 27.1 Å². The van der Waals surface area contributed by atoms with Gasteiger partial charge in [0.15, 0.2) is 0 Å². The minimum absolute atomic E-state index is 0.727. The maximum absolute atomic E-state index is 6.24. The molecule has 0 spiro atoms. The molecule has 3 nitrogen and oxygen atoms in total. The number of hydrogen-bond donors (Lipinski definition) is 0. The summed E-state index contributed by atoms with van der Waals surface area (Å²) in [6.45, 7) is 2.90. The number of benzene rings is 1. The fourth-order valence-electron chi connectivity index (χ4n) is 1.90. The van der Waals surface area contributed by atoms with E-state index in [-0.39, 0.29) is 0 Å². The Morgan fingerprint density at radius 1 is 1.39 bits per heavy atom. The molecule has 0 bridgehead atoms. The average Bonchev–Trinajstić information content (AvgIpc) is 2.80. The van der Waals surface area contributed by atoms with E-state index in [0.29, 0.717) is 0 Å². The summed E-state index contributed by atoms with van der Waals surface area (Å²) in [6.07, 6.45) is 5.90. The molecule has 1 heterocycles. The molecule has 0 radical (unpaired) electrons. The summed E-state index contributed by atoms with van der Waals surface area (Å²) in [7, 11) is 1.64. The summed E-state index contributed by atoms with van der Waals surface area (Å²) in [6, 6.07) is 5.77. The first kappa shape index (κ1) is 13.0. The molecule has 0 fully saturated rings. The Morgan fingerprint density at radius 2 is 2.22 bits per heavy atom. The predicted molar refractivity (Wildman–Crippen MR) is 73.3 cm³/mol. The molecule has 0 atom stereocenters. The zero-order valence-electron chi connectivity index (χ0n) is 10.7. The standard InChI is InChI=1S/C14H17ClN2O/c1-3-4-14-16-7-8-17(14)10-11-5-6-12(18-2)9-13(11)15/h5-9H,3-4,10H2,1-2H3. The van der Waals surface area contributed by atoms with Crippen molar-refractivity contribution in [3.8, 4) is 5.75 Å². The number of aromatic nitrogens is 2. The van der Waals surface area contributed by atoms with E-state index in [2.05, 4.69) is 16.5 Å². The molecule has 0 saturated heterocycles. The fourth-order valence-corrected chi connectivity index (χ4v) is 2.13. The van der Waals surface area contributed by atoms with Crippen molar-refractivity contribution in [3.05, 3.63) is 47.0 Å². The number of methoxy groups -OCH3 is 1. The zero-order chi connectivity index (χ0) is 13.0. The van der Waals surface area contributed by atoms with Gasteiger partial charge in [-0.15, -0.1) is 0 Å². The molecule has 0 N–H and O–H groups in total. The lowest BCUT2D eigenvalue weighted by molar-refractivity contribution is 0.414. The molecule has 1 aromatic carbocycles. The first-order chi connectivity index (χ1) is 8.74. The van der Waals surface area contributed by atoms with Crippen molar-refractivity contribution in [2.24, 2.45) is 0 Å². The largest absolute Gasteiger partial charge is 0.497 e. The minimum atomic E-state index is 0.727. The van der Waals surface area contributed by atoms with Crippen LogP contribution in [0.1, 0.15) is 24.7 Å². The second kappa shape index (κ2) is 5.91. The zero-order valence-corrected chi connectivity index (χ0v) is 11.4. The maximum Gasteiger partial charge on any atom is 0.120 e. The number of imidazole rings is 1. The predicted octanol–water partition coefficient (Wildman–Crippen LogP) is 3.55. The molecule has 1 aromatic heterocycles. The van der Waals surface area contributed by atoms with E-state index in [1.54, 1.807) is 7.11 Å². The van der Waals surface area contributed by atoms with Crippen LogP contribution in [0.2, 0.25) is 5.02 Å². The van der Waals surface area contributed by atoms with Gasteiger partial charge in [-0.05, 0) is 24.1 Å². The Kier molecular flexibility index (Phi) is 4.26. The molecular weight excluding hydrogens is 248 g/mol. The number of aryl methyl sites for hydroxylation is 1. The molecule has 2 rings (SSSR count). The lowest BCUT2D eigenvalue weighted by Crippen LogP contribution is -2.04. The van der Waals surface area contributed by atoms with Gasteiger partial charge in [0.25, 0.3) is 0 Å². The minimum Gasteiger partial charge on any atom is -0.497 e. The van der Waals surface area contributed by atoms with E-state index in [1.807, 2.05) is 30.6 Å². The number of nitrogens with zero attached hydrogens (tertiary/aromatic N) is 2. The van der Waals surface area contributed by atoms with E-state index in [0.717, 1.165) is 41.5 Å². The summed E-state index contributed by atoms with van der Waals surface area (Å²) in [4.78, 5) is 4.36. The summed E-state index contributed by atoms with van der Waals surface area (Å²) in [5.74, 6) is 1.88. The molecule has 0 aliphatic carbocycles. The van der Waals surface area contributed by atoms with Gasteiger partial charge < -0.3 is 9.30 Å². The summed E-state index contributed by atoms with van der Waals surface area (Å²) in [5.41, 5.74) is 1.08. The van der Waals surface area contributed by atoms with E-state index >= 15 is 0 Å². The van der Waals surface area contributed by atoms with Crippen molar-refractivity contribution in [3.63, 3.8) is 0 Å². The van der Waals surface area contributed by atoms with Crippen molar-refractivity contribution < 1.29 is 4.74 Å². The Labute approximate surface area is 112 Å². The highest BCUT2D eigenvalue weighted by Crippen LogP contribution is 2.23. The van der Waals surface area contributed by atoms with Crippen molar-refractivity contribution >= 4 is 11.6 Å². The first-order valence-electron chi connectivity index (χ1n) is 6.07. The summed E-state index contributed by atoms with van der Waals surface area (Å²) in [5, 5.41) is 0.727. The highest BCUT2D eigenvalue weighted by molar-refractivity contribution is 6.31. The van der Waals surface area contributed by atoms with Gasteiger partial charge in [-0.2, -0.15) is 0 Å². The summed E-state index contributed by atoms with van der Waals surface area (Å²) >= 11 is 6.24. The Balaban J connectivity index is 2.20. The van der Waals surface area contributed by atoms with Crippen molar-refractivity contribution in [2.75, 3.05) is 7.11 Å². The lowest BCUT2D eigenvalue weighted by atomic mass is 10.2. The SMILES string of the molecule is CCCc1nccn1Cc1ccc(OC)cc1Cl. The van der Waals surface area contributed by atoms with Crippen LogP contribution in [-0.4, -0.2) is 16.7 Å². The molecule has 0 aliphatic heterocycles. The molecule has 18 heavy (non-hydrogen) atoms. The second-order valence-electron chi connectivity index (χ2n) is 4.18. The van der Waals surface area contributed by atoms with E-state index in [1.165, 1.54) is 0 Å². The second-order valence-corrected chi connectivity index (χ2v) is 4.59. The third-order valence-electron chi connectivity index (χ3n) is 2.88. The van der Waals surface area contributed by atoms with Gasteiger partial charge in [0.05, 0.1) is 13.7 Å². The van der Waals surface area contributed by atoms with Gasteiger partial charge in [0.1, 0.15) is 11.6 Å². The van der Waals surface area contributed by atoms with Crippen LogP contribution in [0.4, 0.5) is 0 Å².